The SMILES string of the molecule is CCN(Cc1ccc(Cl)s1)C(=O)/C=C/c1ccc(OC)c(S(=O)(=O)N2CCOCC2)c1. The number of amides is 1. The van der Waals surface area contributed by atoms with Crippen LogP contribution in [0.25, 0.3) is 6.08 Å². The molecule has 7 nitrogen and oxygen atoms in total. The first-order valence-electron chi connectivity index (χ1n) is 9.82. The molecule has 1 aromatic heterocycles. The predicted octanol–water partition coefficient (Wildman–Crippen LogP) is 3.49. The highest BCUT2D eigenvalue weighted by molar-refractivity contribution is 7.89. The summed E-state index contributed by atoms with van der Waals surface area (Å²) in [6, 6.07) is 8.56. The fourth-order valence-corrected chi connectivity index (χ4v) is 5.87. The number of morpholine rings is 1. The van der Waals surface area contributed by atoms with Crippen LogP contribution in [0.2, 0.25) is 4.34 Å². The van der Waals surface area contributed by atoms with Gasteiger partial charge in [0.05, 0.1) is 31.2 Å². The molecule has 1 amide bonds. The Bertz CT molecular complexity index is 1050. The van der Waals surface area contributed by atoms with Crippen LogP contribution in [0.4, 0.5) is 0 Å². The first-order chi connectivity index (χ1) is 14.8. The minimum atomic E-state index is -3.74. The topological polar surface area (TPSA) is 76.2 Å². The Morgan fingerprint density at radius 3 is 2.65 bits per heavy atom. The minimum absolute atomic E-state index is 0.0760. The first kappa shape index (κ1) is 23.7. The largest absolute Gasteiger partial charge is 0.495 e. The lowest BCUT2D eigenvalue weighted by Crippen LogP contribution is -2.40. The van der Waals surface area contributed by atoms with Crippen LogP contribution < -0.4 is 4.74 Å². The van der Waals surface area contributed by atoms with Gasteiger partial charge in [0.1, 0.15) is 10.6 Å². The van der Waals surface area contributed by atoms with Crippen LogP contribution in [0.15, 0.2) is 41.3 Å². The lowest BCUT2D eigenvalue weighted by atomic mass is 10.2. The summed E-state index contributed by atoms with van der Waals surface area (Å²) in [6.07, 6.45) is 3.07. The molecule has 3 rings (SSSR count). The van der Waals surface area contributed by atoms with Crippen LogP contribution in [-0.4, -0.2) is 63.5 Å². The van der Waals surface area contributed by atoms with Gasteiger partial charge in [-0.3, -0.25) is 4.79 Å². The molecule has 31 heavy (non-hydrogen) atoms. The highest BCUT2D eigenvalue weighted by Crippen LogP contribution is 2.29. The Kier molecular flexibility index (Phi) is 8.12. The number of halogens is 1. The molecule has 1 fully saturated rings. The van der Waals surface area contributed by atoms with Gasteiger partial charge >= 0.3 is 0 Å². The van der Waals surface area contributed by atoms with E-state index in [1.165, 1.54) is 34.9 Å². The van der Waals surface area contributed by atoms with E-state index >= 15 is 0 Å². The fourth-order valence-electron chi connectivity index (χ4n) is 3.17. The maximum Gasteiger partial charge on any atom is 0.246 e. The van der Waals surface area contributed by atoms with Crippen molar-refractivity contribution in [2.45, 2.75) is 18.4 Å². The van der Waals surface area contributed by atoms with Crippen LogP contribution >= 0.6 is 22.9 Å². The molecular formula is C21H25ClN2O5S2. The summed E-state index contributed by atoms with van der Waals surface area (Å²) in [4.78, 5) is 15.4. The van der Waals surface area contributed by atoms with Gasteiger partial charge in [0, 0.05) is 30.6 Å². The van der Waals surface area contributed by atoms with E-state index in [0.717, 1.165) is 4.88 Å². The van der Waals surface area contributed by atoms with Crippen LogP contribution in [0.1, 0.15) is 17.4 Å². The number of carbonyl (C=O) groups excluding carboxylic acids is 1. The van der Waals surface area contributed by atoms with Gasteiger partial charge in [0.15, 0.2) is 0 Å². The van der Waals surface area contributed by atoms with Crippen LogP contribution in [-0.2, 0) is 26.1 Å². The molecule has 10 heteroatoms. The van der Waals surface area contributed by atoms with E-state index in [4.69, 9.17) is 21.1 Å². The Morgan fingerprint density at radius 1 is 1.29 bits per heavy atom. The molecule has 168 valence electrons. The molecule has 0 N–H and O–H groups in total. The van der Waals surface area contributed by atoms with Crippen molar-refractivity contribution in [1.29, 1.82) is 0 Å². The van der Waals surface area contributed by atoms with Crippen molar-refractivity contribution in [3.63, 3.8) is 0 Å². The second-order valence-electron chi connectivity index (χ2n) is 6.82. The van der Waals surface area contributed by atoms with Crippen LogP contribution in [0.5, 0.6) is 5.75 Å². The smallest absolute Gasteiger partial charge is 0.246 e. The minimum Gasteiger partial charge on any atom is -0.495 e. The van der Waals surface area contributed by atoms with Crippen molar-refractivity contribution in [2.24, 2.45) is 0 Å². The average Bonchev–Trinajstić information content (AvgIpc) is 3.20. The van der Waals surface area contributed by atoms with E-state index in [9.17, 15) is 13.2 Å². The van der Waals surface area contributed by atoms with E-state index < -0.39 is 10.0 Å². The quantitative estimate of drug-likeness (QED) is 0.536. The molecule has 1 saturated heterocycles. The van der Waals surface area contributed by atoms with E-state index in [1.54, 1.807) is 23.1 Å². The van der Waals surface area contributed by atoms with Gasteiger partial charge in [-0.1, -0.05) is 17.7 Å². The number of rotatable bonds is 8. The Balaban J connectivity index is 1.80. The van der Waals surface area contributed by atoms with Crippen LogP contribution in [0.3, 0.4) is 0 Å². The zero-order chi connectivity index (χ0) is 22.4. The summed E-state index contributed by atoms with van der Waals surface area (Å²) >= 11 is 7.41. The molecular weight excluding hydrogens is 460 g/mol. The van der Waals surface area contributed by atoms with Gasteiger partial charge in [-0.15, -0.1) is 11.3 Å². The monoisotopic (exact) mass is 484 g/mol. The lowest BCUT2D eigenvalue weighted by Gasteiger charge is -2.26. The van der Waals surface area contributed by atoms with E-state index in [1.807, 2.05) is 19.1 Å². The number of hydrogen-bond acceptors (Lipinski definition) is 6. The van der Waals surface area contributed by atoms with E-state index in [2.05, 4.69) is 0 Å². The maximum atomic E-state index is 13.1. The first-order valence-corrected chi connectivity index (χ1v) is 12.5. The van der Waals surface area contributed by atoms with Crippen molar-refractivity contribution in [3.05, 3.63) is 51.2 Å². The third kappa shape index (κ3) is 5.87. The van der Waals surface area contributed by atoms with Gasteiger partial charge in [-0.25, -0.2) is 8.42 Å². The van der Waals surface area contributed by atoms with Crippen LogP contribution in [0, 0.1) is 0 Å². The van der Waals surface area contributed by atoms with Gasteiger partial charge in [0.25, 0.3) is 0 Å². The predicted molar refractivity (Wildman–Crippen MR) is 122 cm³/mol. The summed E-state index contributed by atoms with van der Waals surface area (Å²) in [5, 5.41) is 0. The van der Waals surface area contributed by atoms with E-state index in [0.29, 0.717) is 49.3 Å². The molecule has 0 bridgehead atoms. The highest BCUT2D eigenvalue weighted by Gasteiger charge is 2.29. The number of likely N-dealkylation sites (N-methyl/N-ethyl adjacent to an activating group) is 1. The molecule has 0 spiro atoms. The molecule has 1 aliphatic rings. The Labute approximate surface area is 191 Å². The summed E-state index contributed by atoms with van der Waals surface area (Å²) in [5.74, 6) is 0.0974. The zero-order valence-corrected chi connectivity index (χ0v) is 19.8. The van der Waals surface area contributed by atoms with Gasteiger partial charge in [-0.2, -0.15) is 4.31 Å². The van der Waals surface area contributed by atoms with Crippen molar-refractivity contribution in [2.75, 3.05) is 40.0 Å². The zero-order valence-electron chi connectivity index (χ0n) is 17.4. The number of ether oxygens (including phenoxy) is 2. The molecule has 0 atom stereocenters. The molecule has 2 heterocycles. The number of sulfonamides is 1. The second kappa shape index (κ2) is 10.6. The Morgan fingerprint density at radius 2 is 2.03 bits per heavy atom. The molecule has 1 aromatic carbocycles. The third-order valence-electron chi connectivity index (χ3n) is 4.86. The highest BCUT2D eigenvalue weighted by atomic mass is 35.5. The number of nitrogens with zero attached hydrogens (tertiary/aromatic N) is 2. The van der Waals surface area contributed by atoms with Gasteiger partial charge in [-0.05, 0) is 42.8 Å². The van der Waals surface area contributed by atoms with Crippen molar-refractivity contribution < 1.29 is 22.7 Å². The number of hydrogen-bond donors (Lipinski definition) is 0. The summed E-state index contributed by atoms with van der Waals surface area (Å²) in [5.41, 5.74) is 0.594. The van der Waals surface area contributed by atoms with E-state index in [-0.39, 0.29) is 16.6 Å². The molecule has 0 aliphatic carbocycles. The lowest BCUT2D eigenvalue weighted by molar-refractivity contribution is -0.126. The van der Waals surface area contributed by atoms with Crippen molar-refractivity contribution in [1.82, 2.24) is 9.21 Å². The fraction of sp³-hybridized carbons (Fsp3) is 0.381. The third-order valence-corrected chi connectivity index (χ3v) is 8.00. The standard InChI is InChI=1S/C21H25ClN2O5S2/c1-3-23(15-17-6-8-20(22)30-17)21(25)9-5-16-4-7-18(28-2)19(14-16)31(26,27)24-10-12-29-13-11-24/h4-9,14H,3,10-13,15H2,1-2H3/b9-5+. The molecule has 2 aromatic rings. The number of thiophene rings is 1. The molecule has 0 unspecified atom stereocenters. The number of carbonyl (C=O) groups is 1. The summed E-state index contributed by atoms with van der Waals surface area (Å²) in [6.45, 7) is 4.22. The average molecular weight is 485 g/mol. The second-order valence-corrected chi connectivity index (χ2v) is 10.5. The molecule has 0 saturated carbocycles. The maximum absolute atomic E-state index is 13.1. The van der Waals surface area contributed by atoms with Gasteiger partial charge in [0.2, 0.25) is 15.9 Å². The summed E-state index contributed by atoms with van der Waals surface area (Å²) in [7, 11) is -2.30. The molecule has 1 aliphatic heterocycles. The Hall–Kier alpha value is -1.91. The number of benzene rings is 1. The number of methoxy groups -OCH3 is 1. The van der Waals surface area contributed by atoms with Crippen molar-refractivity contribution >= 4 is 44.9 Å². The van der Waals surface area contributed by atoms with Crippen molar-refractivity contribution in [3.8, 4) is 5.75 Å². The summed E-state index contributed by atoms with van der Waals surface area (Å²) < 4.78 is 38.8. The molecule has 0 radical (unpaired) electrons. The van der Waals surface area contributed by atoms with Gasteiger partial charge < -0.3 is 14.4 Å². The normalized spacial score (nSPS) is 15.3.